The van der Waals surface area contributed by atoms with Crippen molar-refractivity contribution in [2.45, 2.75) is 38.6 Å². The van der Waals surface area contributed by atoms with Crippen molar-refractivity contribution in [3.05, 3.63) is 6.33 Å². The van der Waals surface area contributed by atoms with Gasteiger partial charge in [-0.3, -0.25) is 4.79 Å². The quantitative estimate of drug-likeness (QED) is 0.830. The number of fused-ring (bicyclic) bond motifs is 2. The van der Waals surface area contributed by atoms with Crippen molar-refractivity contribution in [1.82, 2.24) is 25.5 Å². The van der Waals surface area contributed by atoms with Gasteiger partial charge in [0.05, 0.1) is 0 Å². The Hall–Kier alpha value is -1.46. The number of carbonyl (C=O) groups is 1. The van der Waals surface area contributed by atoms with E-state index in [1.807, 2.05) is 0 Å². The summed E-state index contributed by atoms with van der Waals surface area (Å²) in [5, 5.41) is 13.6. The van der Waals surface area contributed by atoms with E-state index >= 15 is 0 Å². The highest BCUT2D eigenvalue weighted by Gasteiger charge is 2.38. The Morgan fingerprint density at radius 2 is 2.33 bits per heavy atom. The van der Waals surface area contributed by atoms with Crippen LogP contribution in [-0.4, -0.2) is 32.7 Å². The molecule has 0 aromatic carbocycles. The van der Waals surface area contributed by atoms with Crippen LogP contribution < -0.4 is 5.32 Å². The van der Waals surface area contributed by atoms with E-state index in [1.165, 1.54) is 36.7 Å². The molecule has 18 heavy (non-hydrogen) atoms. The van der Waals surface area contributed by atoms with Gasteiger partial charge in [0, 0.05) is 6.54 Å². The Morgan fingerprint density at radius 3 is 3.00 bits per heavy atom. The number of nitrogens with one attached hydrogen (secondary N) is 1. The lowest BCUT2D eigenvalue weighted by atomic mass is 9.86. The first-order valence-corrected chi connectivity index (χ1v) is 6.78. The Labute approximate surface area is 106 Å². The molecule has 1 amide bonds. The summed E-state index contributed by atoms with van der Waals surface area (Å²) >= 11 is 0. The normalized spacial score (nSPS) is 29.7. The molecule has 0 spiro atoms. The van der Waals surface area contributed by atoms with Gasteiger partial charge in [-0.1, -0.05) is 6.42 Å². The van der Waals surface area contributed by atoms with Gasteiger partial charge in [0.2, 0.25) is 5.91 Å². The lowest BCUT2D eigenvalue weighted by molar-refractivity contribution is -0.121. The van der Waals surface area contributed by atoms with E-state index in [1.54, 1.807) is 0 Å². The first kappa shape index (κ1) is 11.6. The highest BCUT2D eigenvalue weighted by molar-refractivity contribution is 5.75. The van der Waals surface area contributed by atoms with Crippen LogP contribution in [0.25, 0.3) is 0 Å². The number of nitrogens with zero attached hydrogens (tertiary/aromatic N) is 4. The minimum absolute atomic E-state index is 0.00884. The molecular weight excluding hydrogens is 230 g/mol. The number of amides is 1. The van der Waals surface area contributed by atoms with E-state index < -0.39 is 0 Å². The third-order valence-electron chi connectivity index (χ3n) is 4.42. The van der Waals surface area contributed by atoms with Crippen molar-refractivity contribution in [2.75, 3.05) is 6.54 Å². The minimum Gasteiger partial charge on any atom is -0.354 e. The van der Waals surface area contributed by atoms with Crippen molar-refractivity contribution >= 4 is 5.91 Å². The summed E-state index contributed by atoms with van der Waals surface area (Å²) < 4.78 is 1.44. The van der Waals surface area contributed by atoms with Gasteiger partial charge in [0.15, 0.2) is 0 Å². The molecule has 2 aliphatic carbocycles. The number of hydrogen-bond acceptors (Lipinski definition) is 4. The lowest BCUT2D eigenvalue weighted by Gasteiger charge is -2.21. The van der Waals surface area contributed by atoms with E-state index in [-0.39, 0.29) is 12.5 Å². The molecule has 2 bridgehead atoms. The zero-order chi connectivity index (χ0) is 12.4. The van der Waals surface area contributed by atoms with E-state index in [0.717, 1.165) is 30.7 Å². The van der Waals surface area contributed by atoms with Crippen molar-refractivity contribution in [2.24, 2.45) is 17.8 Å². The predicted molar refractivity (Wildman–Crippen MR) is 64.4 cm³/mol. The molecule has 0 radical (unpaired) electrons. The van der Waals surface area contributed by atoms with Gasteiger partial charge in [-0.05, 0) is 53.9 Å². The van der Waals surface area contributed by atoms with Crippen LogP contribution in [0.2, 0.25) is 0 Å². The zero-order valence-corrected chi connectivity index (χ0v) is 10.5. The van der Waals surface area contributed by atoms with Crippen molar-refractivity contribution in [3.63, 3.8) is 0 Å². The largest absolute Gasteiger partial charge is 0.354 e. The Balaban J connectivity index is 1.36. The Kier molecular flexibility index (Phi) is 3.25. The van der Waals surface area contributed by atoms with Crippen LogP contribution in [-0.2, 0) is 11.3 Å². The van der Waals surface area contributed by atoms with Crippen LogP contribution in [0, 0.1) is 17.8 Å². The monoisotopic (exact) mass is 249 g/mol. The Morgan fingerprint density at radius 1 is 1.39 bits per heavy atom. The predicted octanol–water partition coefficient (Wildman–Crippen LogP) is 0.616. The maximum Gasteiger partial charge on any atom is 0.241 e. The van der Waals surface area contributed by atoms with Crippen molar-refractivity contribution < 1.29 is 4.79 Å². The second-order valence-electron chi connectivity index (χ2n) is 5.58. The molecule has 0 aliphatic heterocycles. The van der Waals surface area contributed by atoms with Crippen LogP contribution >= 0.6 is 0 Å². The summed E-state index contributed by atoms with van der Waals surface area (Å²) in [7, 11) is 0. The third kappa shape index (κ3) is 2.52. The first-order valence-electron chi connectivity index (χ1n) is 6.78. The molecule has 2 saturated carbocycles. The fourth-order valence-electron chi connectivity index (χ4n) is 3.58. The molecule has 6 heteroatoms. The second-order valence-corrected chi connectivity index (χ2v) is 5.58. The van der Waals surface area contributed by atoms with Crippen molar-refractivity contribution in [3.8, 4) is 0 Å². The smallest absolute Gasteiger partial charge is 0.241 e. The molecule has 1 aromatic heterocycles. The summed E-state index contributed by atoms with van der Waals surface area (Å²) in [4.78, 5) is 11.6. The van der Waals surface area contributed by atoms with Gasteiger partial charge in [-0.15, -0.1) is 5.10 Å². The van der Waals surface area contributed by atoms with Crippen LogP contribution in [0.15, 0.2) is 6.33 Å². The molecule has 2 aliphatic rings. The molecule has 1 N–H and O–H groups in total. The molecule has 2 fully saturated rings. The number of aromatic nitrogens is 4. The van der Waals surface area contributed by atoms with Crippen LogP contribution in [0.1, 0.15) is 32.1 Å². The fourth-order valence-corrected chi connectivity index (χ4v) is 3.58. The molecule has 1 heterocycles. The highest BCUT2D eigenvalue weighted by Crippen LogP contribution is 2.49. The summed E-state index contributed by atoms with van der Waals surface area (Å²) in [6.07, 6.45) is 8.25. The van der Waals surface area contributed by atoms with Gasteiger partial charge < -0.3 is 5.32 Å². The summed E-state index contributed by atoms with van der Waals surface area (Å²) in [6.45, 7) is 0.999. The minimum atomic E-state index is -0.00884. The molecule has 0 unspecified atom stereocenters. The SMILES string of the molecule is O=C(Cn1cnnn1)NCC[C@@H]1C[C@H]2CC[C@H]1C2. The maximum atomic E-state index is 11.6. The van der Waals surface area contributed by atoms with E-state index in [0.29, 0.717) is 0 Å². The van der Waals surface area contributed by atoms with Crippen LogP contribution in [0.4, 0.5) is 0 Å². The maximum absolute atomic E-state index is 11.6. The molecule has 6 nitrogen and oxygen atoms in total. The molecule has 1 aromatic rings. The standard InChI is InChI=1S/C12H19N5O/c18-12(7-17-8-14-15-16-17)13-4-3-11-6-9-1-2-10(11)5-9/h8-11H,1-7H2,(H,13,18)/t9-,10-,11+/m0/s1. The van der Waals surface area contributed by atoms with Crippen molar-refractivity contribution in [1.29, 1.82) is 0 Å². The molecule has 3 atom stereocenters. The average molecular weight is 249 g/mol. The van der Waals surface area contributed by atoms with E-state index in [9.17, 15) is 4.79 Å². The van der Waals surface area contributed by atoms with Gasteiger partial charge >= 0.3 is 0 Å². The number of tetrazole rings is 1. The van der Waals surface area contributed by atoms with E-state index in [2.05, 4.69) is 20.8 Å². The molecular formula is C12H19N5O. The van der Waals surface area contributed by atoms with Gasteiger partial charge in [-0.25, -0.2) is 4.68 Å². The molecule has 3 rings (SSSR count). The highest BCUT2D eigenvalue weighted by atomic mass is 16.2. The lowest BCUT2D eigenvalue weighted by Crippen LogP contribution is -2.30. The topological polar surface area (TPSA) is 72.7 Å². The van der Waals surface area contributed by atoms with Gasteiger partial charge in [-0.2, -0.15) is 0 Å². The third-order valence-corrected chi connectivity index (χ3v) is 4.42. The van der Waals surface area contributed by atoms with Gasteiger partial charge in [0.1, 0.15) is 12.9 Å². The average Bonchev–Trinajstić information content (AvgIpc) is 3.04. The summed E-state index contributed by atoms with van der Waals surface area (Å²) in [5.74, 6) is 2.76. The summed E-state index contributed by atoms with van der Waals surface area (Å²) in [5.41, 5.74) is 0. The van der Waals surface area contributed by atoms with E-state index in [4.69, 9.17) is 0 Å². The summed E-state index contributed by atoms with van der Waals surface area (Å²) in [6, 6.07) is 0. The number of carbonyl (C=O) groups excluding carboxylic acids is 1. The second kappa shape index (κ2) is 5.04. The van der Waals surface area contributed by atoms with Crippen LogP contribution in [0.3, 0.4) is 0 Å². The van der Waals surface area contributed by atoms with Gasteiger partial charge in [0.25, 0.3) is 0 Å². The number of rotatable bonds is 5. The number of hydrogen-bond donors (Lipinski definition) is 1. The zero-order valence-electron chi connectivity index (χ0n) is 10.5. The molecule has 0 saturated heterocycles. The first-order chi connectivity index (χ1) is 8.81. The fraction of sp³-hybridized carbons (Fsp3) is 0.833. The van der Waals surface area contributed by atoms with Crippen LogP contribution in [0.5, 0.6) is 0 Å². The Bertz CT molecular complexity index is 405. The molecule has 98 valence electrons.